The second-order valence-corrected chi connectivity index (χ2v) is 9.62. The van der Waals surface area contributed by atoms with Crippen LogP contribution in [0.3, 0.4) is 0 Å². The molecule has 1 aromatic carbocycles. The molecule has 164 valence electrons. The molecule has 8 heteroatoms. The second-order valence-electron chi connectivity index (χ2n) is 8.68. The number of benzene rings is 1. The van der Waals surface area contributed by atoms with E-state index in [9.17, 15) is 4.79 Å². The largest absolute Gasteiger partial charge is 0.376 e. The quantitative estimate of drug-likeness (QED) is 0.589. The third-order valence-corrected chi connectivity index (χ3v) is 7.24. The van der Waals surface area contributed by atoms with Gasteiger partial charge >= 0.3 is 0 Å². The number of likely N-dealkylation sites (tertiary alicyclic amines) is 1. The molecular weight excluding hydrogens is 410 g/mol. The van der Waals surface area contributed by atoms with Gasteiger partial charge in [0.1, 0.15) is 0 Å². The zero-order valence-corrected chi connectivity index (χ0v) is 18.7. The zero-order valence-electron chi connectivity index (χ0n) is 17.9. The van der Waals surface area contributed by atoms with Crippen molar-refractivity contribution in [2.75, 3.05) is 25.4 Å². The number of H-pyrrole nitrogens is 1. The Hall–Kier alpha value is -2.32. The normalized spacial score (nSPS) is 21.8. The molecule has 4 heterocycles. The van der Waals surface area contributed by atoms with E-state index in [2.05, 4.69) is 38.8 Å². The average Bonchev–Trinajstić information content (AvgIpc) is 3.52. The number of fused-ring (bicyclic) bond motifs is 1. The van der Waals surface area contributed by atoms with Gasteiger partial charge in [-0.1, -0.05) is 36.9 Å². The lowest BCUT2D eigenvalue weighted by Crippen LogP contribution is -2.40. The first-order valence-corrected chi connectivity index (χ1v) is 12.2. The van der Waals surface area contributed by atoms with Crippen molar-refractivity contribution in [3.63, 3.8) is 0 Å². The van der Waals surface area contributed by atoms with Gasteiger partial charge < -0.3 is 14.6 Å². The maximum Gasteiger partial charge on any atom is 0.233 e. The second kappa shape index (κ2) is 9.04. The Kier molecular flexibility index (Phi) is 6.00. The maximum atomic E-state index is 12.8. The number of amides is 1. The number of para-hydroxylation sites is 1. The molecule has 2 aromatic heterocycles. The number of ether oxygens (including phenoxy) is 1. The summed E-state index contributed by atoms with van der Waals surface area (Å²) in [7, 11) is 0. The lowest BCUT2D eigenvalue weighted by Gasteiger charge is -2.30. The molecule has 2 atom stereocenters. The predicted molar refractivity (Wildman–Crippen MR) is 122 cm³/mol. The van der Waals surface area contributed by atoms with Crippen LogP contribution in [0.2, 0.25) is 0 Å². The number of aromatic nitrogens is 4. The van der Waals surface area contributed by atoms with Crippen molar-refractivity contribution in [3.05, 3.63) is 30.5 Å². The predicted octanol–water partition coefficient (Wildman–Crippen LogP) is 3.96. The van der Waals surface area contributed by atoms with Crippen molar-refractivity contribution in [2.45, 2.75) is 50.4 Å². The number of carbonyl (C=O) groups excluding carboxylic acids is 1. The maximum absolute atomic E-state index is 12.8. The molecule has 1 N–H and O–H groups in total. The third-order valence-electron chi connectivity index (χ3n) is 6.29. The van der Waals surface area contributed by atoms with Crippen LogP contribution in [-0.4, -0.2) is 62.1 Å². The first-order chi connectivity index (χ1) is 15.2. The van der Waals surface area contributed by atoms with Crippen LogP contribution < -0.4 is 0 Å². The minimum atomic E-state index is 0.165. The van der Waals surface area contributed by atoms with Gasteiger partial charge in [-0.15, -0.1) is 10.2 Å². The van der Waals surface area contributed by atoms with Gasteiger partial charge in [-0.2, -0.15) is 0 Å². The topological polar surface area (TPSA) is 76.0 Å². The number of nitrogens with zero attached hydrogens (tertiary/aromatic N) is 4. The fraction of sp³-hybridized carbons (Fsp3) is 0.522. The van der Waals surface area contributed by atoms with E-state index >= 15 is 0 Å². The van der Waals surface area contributed by atoms with Crippen LogP contribution in [-0.2, 0) is 16.1 Å². The highest BCUT2D eigenvalue weighted by molar-refractivity contribution is 7.99. The Bertz CT molecular complexity index is 1060. The number of piperidine rings is 1. The molecule has 0 bridgehead atoms. The smallest absolute Gasteiger partial charge is 0.233 e. The number of hydrogen-bond acceptors (Lipinski definition) is 5. The SMILES string of the molecule is CC1CCCN(C(=O)CSc2nnc(-c3c[nH]c4ccccc34)n2CC2CCCO2)C1. The monoisotopic (exact) mass is 439 g/mol. The van der Waals surface area contributed by atoms with Crippen molar-refractivity contribution in [1.82, 2.24) is 24.6 Å². The third kappa shape index (κ3) is 4.36. The zero-order chi connectivity index (χ0) is 21.2. The van der Waals surface area contributed by atoms with Crippen LogP contribution in [0, 0.1) is 5.92 Å². The van der Waals surface area contributed by atoms with E-state index in [0.29, 0.717) is 18.2 Å². The summed E-state index contributed by atoms with van der Waals surface area (Å²) < 4.78 is 8.05. The Morgan fingerprint density at radius 1 is 1.26 bits per heavy atom. The lowest BCUT2D eigenvalue weighted by molar-refractivity contribution is -0.130. The van der Waals surface area contributed by atoms with E-state index in [-0.39, 0.29) is 12.0 Å². The fourth-order valence-electron chi connectivity index (χ4n) is 4.64. The highest BCUT2D eigenvalue weighted by atomic mass is 32.2. The molecule has 2 unspecified atom stereocenters. The van der Waals surface area contributed by atoms with Gasteiger partial charge in [0, 0.05) is 42.4 Å². The Balaban J connectivity index is 1.40. The molecular formula is C23H29N5O2S. The summed E-state index contributed by atoms with van der Waals surface area (Å²) in [5, 5.41) is 10.9. The van der Waals surface area contributed by atoms with Crippen molar-refractivity contribution < 1.29 is 9.53 Å². The Morgan fingerprint density at radius 2 is 2.16 bits per heavy atom. The van der Waals surface area contributed by atoms with E-state index in [1.165, 1.54) is 18.2 Å². The first kappa shape index (κ1) is 20.6. The molecule has 1 amide bonds. The van der Waals surface area contributed by atoms with Crippen molar-refractivity contribution in [3.8, 4) is 11.4 Å². The molecule has 0 spiro atoms. The van der Waals surface area contributed by atoms with Crippen molar-refractivity contribution >= 4 is 28.6 Å². The molecule has 2 saturated heterocycles. The van der Waals surface area contributed by atoms with Gasteiger partial charge in [-0.05, 0) is 37.7 Å². The van der Waals surface area contributed by atoms with E-state index < -0.39 is 0 Å². The number of aromatic amines is 1. The van der Waals surface area contributed by atoms with Gasteiger partial charge in [-0.3, -0.25) is 9.36 Å². The van der Waals surface area contributed by atoms with Crippen LogP contribution in [0.5, 0.6) is 0 Å². The fourth-order valence-corrected chi connectivity index (χ4v) is 5.49. The van der Waals surface area contributed by atoms with Gasteiger partial charge in [0.2, 0.25) is 5.91 Å². The minimum Gasteiger partial charge on any atom is -0.376 e. The van der Waals surface area contributed by atoms with Crippen LogP contribution in [0.25, 0.3) is 22.3 Å². The highest BCUT2D eigenvalue weighted by Crippen LogP contribution is 2.31. The molecule has 2 aliphatic heterocycles. The molecule has 3 aromatic rings. The van der Waals surface area contributed by atoms with E-state index in [1.54, 1.807) is 0 Å². The van der Waals surface area contributed by atoms with E-state index in [0.717, 1.165) is 66.4 Å². The molecule has 7 nitrogen and oxygen atoms in total. The summed E-state index contributed by atoms with van der Waals surface area (Å²) >= 11 is 1.49. The summed E-state index contributed by atoms with van der Waals surface area (Å²) in [6.45, 7) is 5.47. The van der Waals surface area contributed by atoms with Crippen molar-refractivity contribution in [1.29, 1.82) is 0 Å². The highest BCUT2D eigenvalue weighted by Gasteiger charge is 2.25. The number of nitrogens with one attached hydrogen (secondary N) is 1. The van der Waals surface area contributed by atoms with Gasteiger partial charge in [0.05, 0.1) is 18.4 Å². The molecule has 0 radical (unpaired) electrons. The summed E-state index contributed by atoms with van der Waals surface area (Å²) in [5.41, 5.74) is 2.11. The molecule has 0 saturated carbocycles. The minimum absolute atomic E-state index is 0.165. The van der Waals surface area contributed by atoms with Crippen LogP contribution in [0.15, 0.2) is 35.6 Å². The molecule has 0 aliphatic carbocycles. The van der Waals surface area contributed by atoms with Crippen molar-refractivity contribution in [2.24, 2.45) is 5.92 Å². The summed E-state index contributed by atoms with van der Waals surface area (Å²) in [4.78, 5) is 18.1. The summed E-state index contributed by atoms with van der Waals surface area (Å²) in [6.07, 6.45) is 6.59. The van der Waals surface area contributed by atoms with Gasteiger partial charge in [0.15, 0.2) is 11.0 Å². The van der Waals surface area contributed by atoms with Crippen LogP contribution in [0.1, 0.15) is 32.6 Å². The van der Waals surface area contributed by atoms with E-state index in [1.807, 2.05) is 23.2 Å². The first-order valence-electron chi connectivity index (χ1n) is 11.2. The molecule has 2 aliphatic rings. The molecule has 2 fully saturated rings. The number of hydrogen-bond donors (Lipinski definition) is 1. The molecule has 5 rings (SSSR count). The number of thioether (sulfide) groups is 1. The number of carbonyl (C=O) groups is 1. The Labute approximate surface area is 186 Å². The standard InChI is InChI=1S/C23H29N5O2S/c1-16-6-4-10-27(13-16)21(29)15-31-23-26-25-22(28(23)14-17-7-5-11-30-17)19-12-24-20-9-3-2-8-18(19)20/h2-3,8-9,12,16-17,24H,4-7,10-11,13-15H2,1H3. The van der Waals surface area contributed by atoms with E-state index in [4.69, 9.17) is 4.74 Å². The van der Waals surface area contributed by atoms with Crippen LogP contribution in [0.4, 0.5) is 0 Å². The molecule has 31 heavy (non-hydrogen) atoms. The summed E-state index contributed by atoms with van der Waals surface area (Å²) in [5.74, 6) is 2.00. The number of rotatable bonds is 6. The van der Waals surface area contributed by atoms with Gasteiger partial charge in [-0.25, -0.2) is 0 Å². The van der Waals surface area contributed by atoms with Crippen LogP contribution >= 0.6 is 11.8 Å². The Morgan fingerprint density at radius 3 is 3.00 bits per heavy atom. The average molecular weight is 440 g/mol. The lowest BCUT2D eigenvalue weighted by atomic mass is 10.0. The summed E-state index contributed by atoms with van der Waals surface area (Å²) in [6, 6.07) is 8.22. The van der Waals surface area contributed by atoms with Gasteiger partial charge in [0.25, 0.3) is 0 Å².